The number of piperazine rings is 1. The molecule has 250 valence electrons. The maximum atomic E-state index is 15.8. The Bertz CT molecular complexity index is 2380. The zero-order valence-corrected chi connectivity index (χ0v) is 27.7. The van der Waals surface area contributed by atoms with Crippen LogP contribution in [0.5, 0.6) is 0 Å². The second-order valence-electron chi connectivity index (χ2n) is 11.5. The number of carbonyl (C=O) groups is 1. The lowest BCUT2D eigenvalue weighted by Crippen LogP contribution is -2.47. The number of para-hydroxylation sites is 1. The summed E-state index contributed by atoms with van der Waals surface area (Å²) >= 11 is 6.10. The van der Waals surface area contributed by atoms with Gasteiger partial charge in [0.1, 0.15) is 23.3 Å². The van der Waals surface area contributed by atoms with Crippen LogP contribution in [0.2, 0.25) is 5.02 Å². The molecule has 3 aromatic heterocycles. The van der Waals surface area contributed by atoms with Crippen molar-refractivity contribution < 1.29 is 22.0 Å². The van der Waals surface area contributed by atoms with Crippen molar-refractivity contribution in [3.8, 4) is 5.82 Å². The van der Waals surface area contributed by atoms with E-state index in [4.69, 9.17) is 16.6 Å². The maximum Gasteiger partial charge on any atom is 0.275 e. The van der Waals surface area contributed by atoms with Crippen LogP contribution in [0.15, 0.2) is 78.0 Å². The van der Waals surface area contributed by atoms with Crippen LogP contribution in [-0.4, -0.2) is 82.1 Å². The smallest absolute Gasteiger partial charge is 0.275 e. The molecule has 1 aliphatic rings. The van der Waals surface area contributed by atoms with Gasteiger partial charge in [-0.05, 0) is 62.0 Å². The summed E-state index contributed by atoms with van der Waals surface area (Å²) < 4.78 is 61.0. The van der Waals surface area contributed by atoms with E-state index in [0.717, 1.165) is 25.2 Å². The fourth-order valence-electron chi connectivity index (χ4n) is 5.64. The van der Waals surface area contributed by atoms with E-state index in [9.17, 15) is 13.2 Å². The number of amides is 1. The number of fused-ring (bicyclic) bond motifs is 2. The Labute approximate surface area is 284 Å². The molecule has 0 spiro atoms. The van der Waals surface area contributed by atoms with E-state index >= 15 is 8.78 Å². The number of hydrogen-bond acceptors (Lipinski definition) is 9. The molecule has 1 fully saturated rings. The molecule has 3 aromatic carbocycles. The molecule has 4 heterocycles. The second-order valence-corrected chi connectivity index (χ2v) is 13.6. The van der Waals surface area contributed by atoms with Crippen LogP contribution in [0.3, 0.4) is 0 Å². The first-order chi connectivity index (χ1) is 23.5. The summed E-state index contributed by atoms with van der Waals surface area (Å²) in [6, 6.07) is 16.8. The van der Waals surface area contributed by atoms with Gasteiger partial charge in [0, 0.05) is 36.6 Å². The van der Waals surface area contributed by atoms with E-state index in [-0.39, 0.29) is 38.4 Å². The van der Waals surface area contributed by atoms with Crippen molar-refractivity contribution in [2.45, 2.75) is 11.8 Å². The molecule has 0 bridgehead atoms. The maximum absolute atomic E-state index is 15.8. The molecule has 49 heavy (non-hydrogen) atoms. The van der Waals surface area contributed by atoms with Gasteiger partial charge in [-0.1, -0.05) is 35.9 Å². The minimum atomic E-state index is -4.30. The number of nitrogens with zero attached hydrogens (tertiary/aromatic N) is 7. The number of pyridine rings is 1. The molecule has 0 atom stereocenters. The SMILES string of the molecule is Cc1c(Cl)cccc1S(=O)(=O)Nc1ccc(F)c(Nc2ncnc3ccc(-n4nc(C(=O)N5CCN(C)CC5)c5ccccc54)nc23)c1F. The molecule has 12 nitrogen and oxygen atoms in total. The van der Waals surface area contributed by atoms with E-state index in [1.54, 1.807) is 17.0 Å². The van der Waals surface area contributed by atoms with Crippen LogP contribution in [-0.2, 0) is 10.0 Å². The fraction of sp³-hybridized carbons (Fsp3) is 0.182. The predicted octanol–water partition coefficient (Wildman–Crippen LogP) is 5.54. The molecule has 1 saturated heterocycles. The Morgan fingerprint density at radius 3 is 2.51 bits per heavy atom. The highest BCUT2D eigenvalue weighted by Gasteiger charge is 2.27. The standard InChI is InChI=1S/C33H28ClF2N9O3S/c1-19-21(34)7-5-9-26(19)49(47,48)42-23-11-10-22(35)30(28(23)36)40-32-31-24(37-18-38-32)12-13-27(39-31)45-25-8-4-3-6-20(25)29(41-45)33(46)44-16-14-43(2)15-17-44/h3-13,18,42H,14-17H2,1-2H3,(H,37,38,40). The van der Waals surface area contributed by atoms with Gasteiger partial charge in [0.05, 0.1) is 21.6 Å². The van der Waals surface area contributed by atoms with Crippen molar-refractivity contribution in [1.29, 1.82) is 0 Å². The first-order valence-corrected chi connectivity index (χ1v) is 17.0. The predicted molar refractivity (Wildman–Crippen MR) is 182 cm³/mol. The summed E-state index contributed by atoms with van der Waals surface area (Å²) in [5, 5.41) is 8.18. The third-order valence-electron chi connectivity index (χ3n) is 8.35. The van der Waals surface area contributed by atoms with Gasteiger partial charge in [-0.3, -0.25) is 9.52 Å². The topological polar surface area (TPSA) is 138 Å². The van der Waals surface area contributed by atoms with E-state index in [1.807, 2.05) is 31.3 Å². The third-order valence-corrected chi connectivity index (χ3v) is 10.3. The van der Waals surface area contributed by atoms with Crippen molar-refractivity contribution in [3.63, 3.8) is 0 Å². The molecular weight excluding hydrogens is 676 g/mol. The van der Waals surface area contributed by atoms with E-state index in [1.165, 1.54) is 36.1 Å². The van der Waals surface area contributed by atoms with Gasteiger partial charge in [0.25, 0.3) is 15.9 Å². The molecule has 1 aliphatic heterocycles. The Morgan fingerprint density at radius 2 is 1.71 bits per heavy atom. The lowest BCUT2D eigenvalue weighted by atomic mass is 10.2. The van der Waals surface area contributed by atoms with Crippen molar-refractivity contribution in [1.82, 2.24) is 34.5 Å². The van der Waals surface area contributed by atoms with Crippen molar-refractivity contribution in [3.05, 3.63) is 101 Å². The number of aromatic nitrogens is 5. The molecule has 1 amide bonds. The first-order valence-electron chi connectivity index (χ1n) is 15.1. The summed E-state index contributed by atoms with van der Waals surface area (Å²) in [5.41, 5.74) is 0.501. The summed E-state index contributed by atoms with van der Waals surface area (Å²) in [4.78, 5) is 30.5. The quantitative estimate of drug-likeness (QED) is 0.220. The minimum Gasteiger partial charge on any atom is -0.335 e. The van der Waals surface area contributed by atoms with Crippen LogP contribution in [0.1, 0.15) is 16.1 Å². The number of rotatable bonds is 7. The number of carbonyl (C=O) groups excluding carboxylic acids is 1. The second kappa shape index (κ2) is 12.7. The third kappa shape index (κ3) is 6.00. The Hall–Kier alpha value is -5.25. The van der Waals surface area contributed by atoms with Crippen molar-refractivity contribution in [2.24, 2.45) is 0 Å². The largest absolute Gasteiger partial charge is 0.335 e. The zero-order valence-electron chi connectivity index (χ0n) is 26.2. The van der Waals surface area contributed by atoms with Crippen LogP contribution < -0.4 is 10.0 Å². The van der Waals surface area contributed by atoms with Gasteiger partial charge in [0.2, 0.25) is 0 Å². The highest BCUT2D eigenvalue weighted by molar-refractivity contribution is 7.92. The van der Waals surface area contributed by atoms with Crippen LogP contribution in [0, 0.1) is 18.6 Å². The molecule has 0 radical (unpaired) electrons. The number of sulfonamides is 1. The van der Waals surface area contributed by atoms with Gasteiger partial charge < -0.3 is 15.1 Å². The molecule has 16 heteroatoms. The highest BCUT2D eigenvalue weighted by Crippen LogP contribution is 2.33. The van der Waals surface area contributed by atoms with Crippen LogP contribution in [0.25, 0.3) is 27.8 Å². The Kier molecular flexibility index (Phi) is 8.34. The first kappa shape index (κ1) is 32.3. The molecular formula is C33H28ClF2N9O3S. The van der Waals surface area contributed by atoms with E-state index in [0.29, 0.717) is 35.3 Å². The zero-order chi connectivity index (χ0) is 34.4. The van der Waals surface area contributed by atoms with E-state index < -0.39 is 33.0 Å². The van der Waals surface area contributed by atoms with Gasteiger partial charge in [-0.2, -0.15) is 5.10 Å². The minimum absolute atomic E-state index is 0.0551. The monoisotopic (exact) mass is 703 g/mol. The summed E-state index contributed by atoms with van der Waals surface area (Å²) in [7, 11) is -2.29. The van der Waals surface area contributed by atoms with Crippen molar-refractivity contribution >= 4 is 66.7 Å². The molecule has 7 rings (SSSR count). The molecule has 2 N–H and O–H groups in total. The number of anilines is 3. The number of likely N-dealkylation sites (N-methyl/N-ethyl adjacent to an activating group) is 1. The molecule has 0 aliphatic carbocycles. The lowest BCUT2D eigenvalue weighted by molar-refractivity contribution is 0.0659. The van der Waals surface area contributed by atoms with E-state index in [2.05, 4.69) is 30.0 Å². The van der Waals surface area contributed by atoms with Crippen LogP contribution >= 0.6 is 11.6 Å². The van der Waals surface area contributed by atoms with Gasteiger partial charge in [0.15, 0.2) is 23.1 Å². The Balaban J connectivity index is 1.25. The van der Waals surface area contributed by atoms with Gasteiger partial charge >= 0.3 is 0 Å². The summed E-state index contributed by atoms with van der Waals surface area (Å²) in [6.45, 7) is 4.18. The Morgan fingerprint density at radius 1 is 0.939 bits per heavy atom. The summed E-state index contributed by atoms with van der Waals surface area (Å²) in [6.07, 6.45) is 1.20. The molecule has 0 unspecified atom stereocenters. The van der Waals surface area contributed by atoms with Gasteiger partial charge in [-0.15, -0.1) is 0 Å². The average molecular weight is 704 g/mol. The van der Waals surface area contributed by atoms with Crippen LogP contribution in [0.4, 0.5) is 26.0 Å². The molecule has 6 aromatic rings. The fourth-order valence-corrected chi connectivity index (χ4v) is 7.20. The number of nitrogens with one attached hydrogen (secondary N) is 2. The highest BCUT2D eigenvalue weighted by atomic mass is 35.5. The number of hydrogen-bond donors (Lipinski definition) is 2. The molecule has 0 saturated carbocycles. The number of halogens is 3. The number of benzene rings is 3. The normalized spacial score (nSPS) is 14.0. The van der Waals surface area contributed by atoms with Crippen molar-refractivity contribution in [2.75, 3.05) is 43.3 Å². The average Bonchev–Trinajstić information content (AvgIpc) is 3.48. The lowest BCUT2D eigenvalue weighted by Gasteiger charge is -2.32. The summed E-state index contributed by atoms with van der Waals surface area (Å²) in [5.74, 6) is -2.16. The van der Waals surface area contributed by atoms with Gasteiger partial charge in [-0.25, -0.2) is 36.8 Å².